The Balaban J connectivity index is 1.37. The lowest BCUT2D eigenvalue weighted by molar-refractivity contribution is -0.154. The smallest absolute Gasteiger partial charge is 0.310 e. The second-order valence-electron chi connectivity index (χ2n) is 9.94. The van der Waals surface area contributed by atoms with Crippen LogP contribution in [0.1, 0.15) is 31.4 Å². The first kappa shape index (κ1) is 24.9. The molecule has 3 aromatic rings. The first-order valence-electron chi connectivity index (χ1n) is 12.9. The molecule has 10 nitrogen and oxygen atoms in total. The number of nitrogens with zero attached hydrogens (tertiary/aromatic N) is 4. The van der Waals surface area contributed by atoms with Gasteiger partial charge in [0.1, 0.15) is 18.2 Å². The number of aliphatic hydroxyl groups is 1. The summed E-state index contributed by atoms with van der Waals surface area (Å²) in [6, 6.07) is 15.1. The standard InChI is InChI=1S/C27H29N5O5S/c1-2-37-26(36)21-20-12-13-27(38-20)22(21)25(35)32(19(14-33)16-8-4-3-5-9-16)23(27)24(34)28-15-31-18-11-7-6-10-17(18)29-30-31/h3-11,19-23,33H,2,12-15H2,1H3,(H,28,34)/t19-,20+,21-,22+,23?,27?/m1/s1. The largest absolute Gasteiger partial charge is 0.466 e. The average molecular weight is 536 g/mol. The van der Waals surface area contributed by atoms with Crippen LogP contribution in [0.3, 0.4) is 0 Å². The normalized spacial score (nSPS) is 28.5. The Labute approximate surface area is 223 Å². The molecule has 2 unspecified atom stereocenters. The Morgan fingerprint density at radius 2 is 1.97 bits per heavy atom. The van der Waals surface area contributed by atoms with Crippen LogP contribution in [0.15, 0.2) is 54.6 Å². The van der Waals surface area contributed by atoms with Gasteiger partial charge in [-0.25, -0.2) is 4.68 Å². The summed E-state index contributed by atoms with van der Waals surface area (Å²) in [6.07, 6.45) is 1.35. The van der Waals surface area contributed by atoms with Gasteiger partial charge in [-0.2, -0.15) is 0 Å². The number of carbonyl (C=O) groups excluding carboxylic acids is 3. The molecule has 2 N–H and O–H groups in total. The first-order valence-corrected chi connectivity index (χ1v) is 13.8. The molecule has 1 spiro atoms. The Morgan fingerprint density at radius 3 is 2.74 bits per heavy atom. The maximum Gasteiger partial charge on any atom is 0.310 e. The summed E-state index contributed by atoms with van der Waals surface area (Å²) in [4.78, 5) is 42.8. The lowest BCUT2D eigenvalue weighted by Gasteiger charge is -2.37. The second kappa shape index (κ2) is 9.70. The van der Waals surface area contributed by atoms with Crippen LogP contribution in [0.4, 0.5) is 0 Å². The number of rotatable bonds is 8. The predicted octanol–water partition coefficient (Wildman–Crippen LogP) is 1.89. The van der Waals surface area contributed by atoms with E-state index in [0.29, 0.717) is 11.9 Å². The summed E-state index contributed by atoms with van der Waals surface area (Å²) in [5.41, 5.74) is 2.22. The molecule has 2 amide bonds. The van der Waals surface area contributed by atoms with Gasteiger partial charge >= 0.3 is 5.97 Å². The van der Waals surface area contributed by atoms with Crippen molar-refractivity contribution in [3.05, 3.63) is 60.2 Å². The van der Waals surface area contributed by atoms with Crippen LogP contribution in [0.25, 0.3) is 11.0 Å². The van der Waals surface area contributed by atoms with Crippen molar-refractivity contribution in [3.63, 3.8) is 0 Å². The topological polar surface area (TPSA) is 127 Å². The molecule has 0 aliphatic carbocycles. The van der Waals surface area contributed by atoms with Crippen molar-refractivity contribution in [2.75, 3.05) is 13.2 Å². The highest BCUT2D eigenvalue weighted by Gasteiger charge is 2.74. The third-order valence-electron chi connectivity index (χ3n) is 8.06. The second-order valence-corrected chi connectivity index (χ2v) is 11.5. The molecule has 3 saturated heterocycles. The number of para-hydroxylation sites is 1. The number of amides is 2. The van der Waals surface area contributed by atoms with Crippen molar-refractivity contribution in [1.29, 1.82) is 0 Å². The van der Waals surface area contributed by atoms with Crippen molar-refractivity contribution < 1.29 is 24.2 Å². The Bertz CT molecular complexity index is 1380. The molecule has 6 rings (SSSR count). The van der Waals surface area contributed by atoms with E-state index in [-0.39, 0.29) is 42.9 Å². The van der Waals surface area contributed by atoms with Gasteiger partial charge < -0.3 is 20.1 Å². The van der Waals surface area contributed by atoms with Crippen LogP contribution >= 0.6 is 11.8 Å². The number of thioether (sulfide) groups is 1. The highest BCUT2D eigenvalue weighted by molar-refractivity contribution is 8.02. The Kier molecular flexibility index (Phi) is 6.35. The summed E-state index contributed by atoms with van der Waals surface area (Å²) in [5.74, 6) is -2.32. The van der Waals surface area contributed by atoms with Crippen molar-refractivity contribution in [2.45, 2.75) is 48.5 Å². The van der Waals surface area contributed by atoms with Crippen LogP contribution in [-0.4, -0.2) is 72.0 Å². The zero-order valence-corrected chi connectivity index (χ0v) is 21.7. The van der Waals surface area contributed by atoms with Crippen LogP contribution in [0.2, 0.25) is 0 Å². The summed E-state index contributed by atoms with van der Waals surface area (Å²) in [7, 11) is 0. The van der Waals surface area contributed by atoms with Crippen LogP contribution < -0.4 is 5.32 Å². The number of hydrogen-bond acceptors (Lipinski definition) is 8. The van der Waals surface area contributed by atoms with Gasteiger partial charge in [-0.1, -0.05) is 47.7 Å². The summed E-state index contributed by atoms with van der Waals surface area (Å²) in [6.45, 7) is 1.69. The molecule has 0 radical (unpaired) electrons. The fourth-order valence-corrected chi connectivity index (χ4v) is 8.74. The Morgan fingerprint density at radius 1 is 1.21 bits per heavy atom. The van der Waals surface area contributed by atoms with Gasteiger partial charge in [-0.3, -0.25) is 14.4 Å². The van der Waals surface area contributed by atoms with E-state index in [1.807, 2.05) is 54.6 Å². The zero-order chi connectivity index (χ0) is 26.4. The maximum absolute atomic E-state index is 14.2. The van der Waals surface area contributed by atoms with Crippen LogP contribution in [-0.2, 0) is 25.8 Å². The number of ether oxygens (including phenoxy) is 1. The van der Waals surface area contributed by atoms with E-state index in [2.05, 4.69) is 15.6 Å². The number of fused-ring (bicyclic) bond motifs is 2. The van der Waals surface area contributed by atoms with Gasteiger partial charge in [0.2, 0.25) is 11.8 Å². The van der Waals surface area contributed by atoms with Crippen molar-refractivity contribution in [1.82, 2.24) is 25.2 Å². The molecular formula is C27H29N5O5S. The van der Waals surface area contributed by atoms with Gasteiger partial charge in [-0.05, 0) is 37.5 Å². The molecule has 198 valence electrons. The van der Waals surface area contributed by atoms with Gasteiger partial charge in [0.15, 0.2) is 0 Å². The molecule has 2 aromatic carbocycles. The SMILES string of the molecule is CCOC(=O)[C@@H]1[C@@H]2CCC3(S2)C(C(=O)NCn2nnc4ccccc42)N([C@H](CO)c2ccccc2)C(=O)[C@H]13. The molecule has 3 aliphatic heterocycles. The lowest BCUT2D eigenvalue weighted by atomic mass is 9.71. The first-order chi connectivity index (χ1) is 18.5. The summed E-state index contributed by atoms with van der Waals surface area (Å²) in [5, 5.41) is 21.7. The van der Waals surface area contributed by atoms with E-state index < -0.39 is 28.7 Å². The summed E-state index contributed by atoms with van der Waals surface area (Å²) < 4.78 is 6.20. The highest BCUT2D eigenvalue weighted by Crippen LogP contribution is 2.67. The molecule has 2 bridgehead atoms. The number of nitrogens with one attached hydrogen (secondary N) is 1. The number of hydrogen-bond donors (Lipinski definition) is 2. The van der Waals surface area contributed by atoms with E-state index >= 15 is 0 Å². The lowest BCUT2D eigenvalue weighted by Crippen LogP contribution is -2.54. The minimum Gasteiger partial charge on any atom is -0.466 e. The highest BCUT2D eigenvalue weighted by atomic mass is 32.2. The average Bonchev–Trinajstić information content (AvgIpc) is 3.68. The van der Waals surface area contributed by atoms with Crippen molar-refractivity contribution >= 4 is 40.6 Å². The molecule has 6 atom stereocenters. The molecule has 0 saturated carbocycles. The number of esters is 1. The van der Waals surface area contributed by atoms with E-state index in [1.54, 1.807) is 23.4 Å². The monoisotopic (exact) mass is 535 g/mol. The maximum atomic E-state index is 14.2. The fourth-order valence-electron chi connectivity index (χ4n) is 6.55. The van der Waals surface area contributed by atoms with Gasteiger partial charge in [0, 0.05) is 5.25 Å². The van der Waals surface area contributed by atoms with E-state index in [9.17, 15) is 19.5 Å². The third kappa shape index (κ3) is 3.70. The zero-order valence-electron chi connectivity index (χ0n) is 20.9. The van der Waals surface area contributed by atoms with Gasteiger partial charge in [-0.15, -0.1) is 16.9 Å². The minimum atomic E-state index is -0.874. The molecule has 1 aromatic heterocycles. The predicted molar refractivity (Wildman–Crippen MR) is 140 cm³/mol. The van der Waals surface area contributed by atoms with Crippen molar-refractivity contribution in [3.8, 4) is 0 Å². The number of carbonyl (C=O) groups is 3. The van der Waals surface area contributed by atoms with Crippen molar-refractivity contribution in [2.24, 2.45) is 11.8 Å². The molecule has 4 heterocycles. The number of aliphatic hydroxyl groups excluding tert-OH is 1. The fraction of sp³-hybridized carbons (Fsp3) is 0.444. The summed E-state index contributed by atoms with van der Waals surface area (Å²) >= 11 is 1.56. The quantitative estimate of drug-likeness (QED) is 0.419. The van der Waals surface area contributed by atoms with E-state index in [1.165, 1.54) is 4.90 Å². The molecule has 11 heteroatoms. The molecular weight excluding hydrogens is 506 g/mol. The molecule has 38 heavy (non-hydrogen) atoms. The number of aromatic nitrogens is 3. The Hall–Kier alpha value is -3.44. The number of likely N-dealkylation sites (tertiary alicyclic amines) is 1. The van der Waals surface area contributed by atoms with Crippen LogP contribution in [0, 0.1) is 11.8 Å². The minimum absolute atomic E-state index is 0.0726. The molecule has 3 fully saturated rings. The van der Waals surface area contributed by atoms with E-state index in [0.717, 1.165) is 17.5 Å². The third-order valence-corrected chi connectivity index (χ3v) is 10.0. The van der Waals surface area contributed by atoms with E-state index in [4.69, 9.17) is 4.74 Å². The molecule has 3 aliphatic rings. The van der Waals surface area contributed by atoms with Crippen LogP contribution in [0.5, 0.6) is 0 Å². The van der Waals surface area contributed by atoms with Gasteiger partial charge in [0.05, 0.1) is 41.4 Å². The van der Waals surface area contributed by atoms with Gasteiger partial charge in [0.25, 0.3) is 0 Å². The number of benzene rings is 2.